The summed E-state index contributed by atoms with van der Waals surface area (Å²) in [6.07, 6.45) is 18.9. The van der Waals surface area contributed by atoms with Crippen molar-refractivity contribution in [3.05, 3.63) is 0 Å². The molecule has 0 aromatic heterocycles. The summed E-state index contributed by atoms with van der Waals surface area (Å²) in [4.78, 5) is 0. The molecule has 1 unspecified atom stereocenters. The minimum Gasteiger partial charge on any atom is -0.374 e. The summed E-state index contributed by atoms with van der Waals surface area (Å²) in [5.74, 6) is 0.0161. The summed E-state index contributed by atoms with van der Waals surface area (Å²) in [5, 5.41) is 0. The predicted octanol–water partition coefficient (Wildman–Crippen LogP) is 7.84. The lowest BCUT2D eigenvalue weighted by Gasteiger charge is -2.27. The third-order valence-electron chi connectivity index (χ3n) is 5.13. The van der Waals surface area contributed by atoms with Gasteiger partial charge in [-0.3, -0.25) is 0 Å². The SMILES string of the molecule is CCCCCCCC(OC)P(=O)(CCCCCC)CCCCCC. The molecule has 146 valence electrons. The van der Waals surface area contributed by atoms with E-state index in [-0.39, 0.29) is 5.85 Å². The fourth-order valence-corrected chi connectivity index (χ4v) is 6.83. The van der Waals surface area contributed by atoms with Gasteiger partial charge in [0.2, 0.25) is 0 Å². The molecule has 1 atom stereocenters. The molecule has 3 heteroatoms. The molecule has 0 saturated heterocycles. The Morgan fingerprint density at radius 1 is 0.667 bits per heavy atom. The molecule has 0 amide bonds. The molecule has 0 N–H and O–H groups in total. The lowest BCUT2D eigenvalue weighted by atomic mass is 10.1. The molecule has 0 bridgehead atoms. The number of rotatable bonds is 18. The fraction of sp³-hybridized carbons (Fsp3) is 1.00. The van der Waals surface area contributed by atoms with Gasteiger partial charge < -0.3 is 9.30 Å². The van der Waals surface area contributed by atoms with Gasteiger partial charge in [-0.1, -0.05) is 91.4 Å². The summed E-state index contributed by atoms with van der Waals surface area (Å²) in [7, 11) is -0.408. The van der Waals surface area contributed by atoms with Gasteiger partial charge in [0.15, 0.2) is 0 Å². The van der Waals surface area contributed by atoms with Crippen molar-refractivity contribution < 1.29 is 9.30 Å². The Hall–Kier alpha value is 0.190. The first-order valence-electron chi connectivity index (χ1n) is 10.7. The zero-order chi connectivity index (χ0) is 18.1. The summed E-state index contributed by atoms with van der Waals surface area (Å²) < 4.78 is 19.4. The van der Waals surface area contributed by atoms with Crippen LogP contribution in [0.1, 0.15) is 111 Å². The Labute approximate surface area is 152 Å². The van der Waals surface area contributed by atoms with Crippen molar-refractivity contribution in [3.8, 4) is 0 Å². The minimum absolute atomic E-state index is 0.0161. The first kappa shape index (κ1) is 24.2. The molecule has 0 aromatic carbocycles. The van der Waals surface area contributed by atoms with Crippen molar-refractivity contribution in [2.24, 2.45) is 0 Å². The van der Waals surface area contributed by atoms with Gasteiger partial charge in [0.05, 0.1) is 0 Å². The molecule has 0 spiro atoms. The van der Waals surface area contributed by atoms with Crippen molar-refractivity contribution in [2.75, 3.05) is 19.4 Å². The number of methoxy groups -OCH3 is 1. The van der Waals surface area contributed by atoms with Gasteiger partial charge in [0.1, 0.15) is 13.0 Å². The molecule has 2 nitrogen and oxygen atoms in total. The van der Waals surface area contributed by atoms with Crippen LogP contribution in [0.25, 0.3) is 0 Å². The van der Waals surface area contributed by atoms with Gasteiger partial charge in [-0.15, -0.1) is 0 Å². The fourth-order valence-electron chi connectivity index (χ4n) is 3.48. The summed E-state index contributed by atoms with van der Waals surface area (Å²) in [6, 6.07) is 0. The van der Waals surface area contributed by atoms with Crippen molar-refractivity contribution in [2.45, 2.75) is 117 Å². The smallest absolute Gasteiger partial charge is 0.115 e. The third kappa shape index (κ3) is 11.7. The summed E-state index contributed by atoms with van der Waals surface area (Å²) in [5.41, 5.74) is 0. The maximum Gasteiger partial charge on any atom is 0.115 e. The molecular formula is C21H45O2P. The lowest BCUT2D eigenvalue weighted by Crippen LogP contribution is -2.16. The highest BCUT2D eigenvalue weighted by Crippen LogP contribution is 2.54. The molecule has 0 aliphatic carbocycles. The van der Waals surface area contributed by atoms with Crippen LogP contribution in [-0.2, 0) is 9.30 Å². The summed E-state index contributed by atoms with van der Waals surface area (Å²) >= 11 is 0. The van der Waals surface area contributed by atoms with Crippen LogP contribution in [-0.4, -0.2) is 25.3 Å². The van der Waals surface area contributed by atoms with Crippen LogP contribution in [0.3, 0.4) is 0 Å². The van der Waals surface area contributed by atoms with E-state index in [1.54, 1.807) is 7.11 Å². The van der Waals surface area contributed by atoms with Crippen LogP contribution >= 0.6 is 7.14 Å². The Morgan fingerprint density at radius 3 is 1.50 bits per heavy atom. The van der Waals surface area contributed by atoms with Crippen LogP contribution in [0.5, 0.6) is 0 Å². The molecule has 0 rings (SSSR count). The lowest BCUT2D eigenvalue weighted by molar-refractivity contribution is 0.151. The molecule has 0 saturated carbocycles. The molecule has 0 radical (unpaired) electrons. The Kier molecular flexibility index (Phi) is 16.8. The van der Waals surface area contributed by atoms with Crippen LogP contribution in [0.4, 0.5) is 0 Å². The van der Waals surface area contributed by atoms with E-state index in [1.807, 2.05) is 0 Å². The predicted molar refractivity (Wildman–Crippen MR) is 110 cm³/mol. The van der Waals surface area contributed by atoms with Crippen LogP contribution in [0.2, 0.25) is 0 Å². The van der Waals surface area contributed by atoms with Gasteiger partial charge in [-0.2, -0.15) is 0 Å². The second-order valence-corrected chi connectivity index (χ2v) is 10.8. The molecule has 0 fully saturated rings. The highest BCUT2D eigenvalue weighted by Gasteiger charge is 2.31. The average molecular weight is 361 g/mol. The van der Waals surface area contributed by atoms with Crippen molar-refractivity contribution >= 4 is 7.14 Å². The largest absolute Gasteiger partial charge is 0.374 e. The van der Waals surface area contributed by atoms with Crippen LogP contribution in [0.15, 0.2) is 0 Å². The first-order chi connectivity index (χ1) is 11.6. The minimum atomic E-state index is -2.19. The second-order valence-electron chi connectivity index (χ2n) is 7.41. The standard InChI is InChI=1S/C21H45O2P/c1-5-8-11-14-15-18-21(23-4)24(22,19-16-12-9-6-2)20-17-13-10-7-3/h21H,5-20H2,1-4H3. The molecule has 0 heterocycles. The van der Waals surface area contributed by atoms with Crippen molar-refractivity contribution in [1.82, 2.24) is 0 Å². The first-order valence-corrected chi connectivity index (χ1v) is 12.9. The molecular weight excluding hydrogens is 315 g/mol. The normalized spacial score (nSPS) is 13.3. The van der Waals surface area contributed by atoms with Crippen LogP contribution < -0.4 is 0 Å². The van der Waals surface area contributed by atoms with E-state index in [9.17, 15) is 4.57 Å². The van der Waals surface area contributed by atoms with Gasteiger partial charge in [0, 0.05) is 19.4 Å². The highest BCUT2D eigenvalue weighted by atomic mass is 31.2. The van der Waals surface area contributed by atoms with E-state index < -0.39 is 7.14 Å². The maximum atomic E-state index is 13.7. The maximum absolute atomic E-state index is 13.7. The van der Waals surface area contributed by atoms with E-state index in [1.165, 1.54) is 70.6 Å². The van der Waals surface area contributed by atoms with Gasteiger partial charge in [-0.25, -0.2) is 0 Å². The highest BCUT2D eigenvalue weighted by molar-refractivity contribution is 7.64. The number of hydrogen-bond donors (Lipinski definition) is 0. The monoisotopic (exact) mass is 360 g/mol. The molecule has 0 aliphatic rings. The van der Waals surface area contributed by atoms with E-state index in [2.05, 4.69) is 20.8 Å². The molecule has 0 aromatic rings. The number of ether oxygens (including phenoxy) is 1. The van der Waals surface area contributed by atoms with Gasteiger partial charge in [0.25, 0.3) is 0 Å². The Morgan fingerprint density at radius 2 is 1.08 bits per heavy atom. The quantitative estimate of drug-likeness (QED) is 0.184. The van der Waals surface area contributed by atoms with Crippen molar-refractivity contribution in [3.63, 3.8) is 0 Å². The zero-order valence-corrected chi connectivity index (χ0v) is 18.0. The van der Waals surface area contributed by atoms with E-state index in [0.717, 1.165) is 31.6 Å². The molecule has 0 aliphatic heterocycles. The number of unbranched alkanes of at least 4 members (excludes halogenated alkanes) is 10. The van der Waals surface area contributed by atoms with Crippen LogP contribution in [0, 0.1) is 0 Å². The Balaban J connectivity index is 4.48. The van der Waals surface area contributed by atoms with Crippen molar-refractivity contribution in [1.29, 1.82) is 0 Å². The Bertz CT molecular complexity index is 288. The average Bonchev–Trinajstić information content (AvgIpc) is 2.59. The second kappa shape index (κ2) is 16.6. The van der Waals surface area contributed by atoms with Gasteiger partial charge in [-0.05, 0) is 19.3 Å². The van der Waals surface area contributed by atoms with E-state index >= 15 is 0 Å². The number of hydrogen-bond acceptors (Lipinski definition) is 2. The van der Waals surface area contributed by atoms with Gasteiger partial charge >= 0.3 is 0 Å². The third-order valence-corrected chi connectivity index (χ3v) is 8.80. The summed E-state index contributed by atoms with van der Waals surface area (Å²) in [6.45, 7) is 6.72. The van der Waals surface area contributed by atoms with E-state index in [0.29, 0.717) is 0 Å². The van der Waals surface area contributed by atoms with E-state index in [4.69, 9.17) is 4.74 Å². The molecule has 24 heavy (non-hydrogen) atoms. The zero-order valence-electron chi connectivity index (χ0n) is 17.2. The topological polar surface area (TPSA) is 26.3 Å².